The maximum absolute atomic E-state index is 12.7. The highest BCUT2D eigenvalue weighted by Crippen LogP contribution is 2.21. The Morgan fingerprint density at radius 1 is 1.08 bits per heavy atom. The van der Waals surface area contributed by atoms with Gasteiger partial charge in [-0.25, -0.2) is 8.42 Å². The normalized spacial score (nSPS) is 11.4. The molecule has 1 amide bonds. The lowest BCUT2D eigenvalue weighted by molar-refractivity contribution is -0.856. The monoisotopic (exact) mass is 376 g/mol. The largest absolute Gasteiger partial charge is 0.346 e. The maximum atomic E-state index is 12.7. The molecule has 0 radical (unpaired) electrons. The first-order valence-corrected chi connectivity index (χ1v) is 9.95. The maximum Gasteiger partial charge on any atom is 0.261 e. The Balaban J connectivity index is 2.18. The van der Waals surface area contributed by atoms with Gasteiger partial charge in [0.1, 0.15) is 0 Å². The van der Waals surface area contributed by atoms with E-state index >= 15 is 0 Å². The summed E-state index contributed by atoms with van der Waals surface area (Å²) in [4.78, 5) is 13.5. The summed E-state index contributed by atoms with van der Waals surface area (Å²) in [6, 6.07) is 11.5. The Morgan fingerprint density at radius 2 is 1.81 bits per heavy atom. The molecule has 0 spiro atoms. The second kappa shape index (κ2) is 8.33. The first-order valence-electron chi connectivity index (χ1n) is 8.46. The van der Waals surface area contributed by atoms with Crippen molar-refractivity contribution in [3.8, 4) is 0 Å². The molecule has 0 aliphatic carbocycles. The number of quaternary nitrogens is 1. The first-order chi connectivity index (χ1) is 12.2. The fourth-order valence-corrected chi connectivity index (χ4v) is 3.64. The molecule has 6 nitrogen and oxygen atoms in total. The summed E-state index contributed by atoms with van der Waals surface area (Å²) in [5.74, 6) is -0.283. The molecule has 7 heteroatoms. The summed E-state index contributed by atoms with van der Waals surface area (Å²) in [7, 11) is 0.223. The fourth-order valence-electron chi connectivity index (χ4n) is 2.46. The number of hydrogen-bond donors (Lipinski definition) is 3. The van der Waals surface area contributed by atoms with Crippen LogP contribution in [-0.2, 0) is 10.0 Å². The number of benzene rings is 2. The van der Waals surface area contributed by atoms with Crippen LogP contribution < -0.4 is 14.9 Å². The molecule has 0 atom stereocenters. The van der Waals surface area contributed by atoms with E-state index in [-0.39, 0.29) is 10.8 Å². The predicted octanol–water partition coefficient (Wildman–Crippen LogP) is 0.979. The van der Waals surface area contributed by atoms with Gasteiger partial charge in [-0.3, -0.25) is 9.52 Å². The molecule has 0 aromatic heterocycles. The second-order valence-electron chi connectivity index (χ2n) is 6.66. The molecular formula is C19H26N3O3S+. The van der Waals surface area contributed by atoms with Crippen molar-refractivity contribution in [1.29, 1.82) is 0 Å². The van der Waals surface area contributed by atoms with E-state index in [0.29, 0.717) is 17.8 Å². The molecule has 0 saturated carbocycles. The van der Waals surface area contributed by atoms with Crippen LogP contribution in [0.3, 0.4) is 0 Å². The Hall–Kier alpha value is -2.38. The van der Waals surface area contributed by atoms with Crippen LogP contribution >= 0.6 is 0 Å². The SMILES string of the molecule is Cc1ccc(NS(=O)(=O)c2cccc(C(=O)NCC[NH+](C)C)c2)c(C)c1. The number of carbonyl (C=O) groups is 1. The van der Waals surface area contributed by atoms with Gasteiger partial charge in [-0.15, -0.1) is 0 Å². The van der Waals surface area contributed by atoms with Crippen molar-refractivity contribution in [3.05, 3.63) is 59.2 Å². The van der Waals surface area contributed by atoms with E-state index in [1.807, 2.05) is 40.1 Å². The summed E-state index contributed by atoms with van der Waals surface area (Å²) in [5.41, 5.74) is 2.75. The number of nitrogens with one attached hydrogen (secondary N) is 3. The van der Waals surface area contributed by atoms with Crippen LogP contribution in [0.5, 0.6) is 0 Å². The van der Waals surface area contributed by atoms with Gasteiger partial charge in [-0.2, -0.15) is 0 Å². The van der Waals surface area contributed by atoms with E-state index in [0.717, 1.165) is 17.7 Å². The number of rotatable bonds is 7. The number of likely N-dealkylation sites (N-methyl/N-ethyl adjacent to an activating group) is 1. The number of aryl methyl sites for hydroxylation is 2. The summed E-state index contributed by atoms with van der Waals surface area (Å²) >= 11 is 0. The number of amides is 1. The smallest absolute Gasteiger partial charge is 0.261 e. The molecule has 0 aliphatic heterocycles. The highest BCUT2D eigenvalue weighted by molar-refractivity contribution is 7.92. The summed E-state index contributed by atoms with van der Waals surface area (Å²) < 4.78 is 27.9. The molecular weight excluding hydrogens is 350 g/mol. The third-order valence-corrected chi connectivity index (χ3v) is 5.31. The molecule has 0 saturated heterocycles. The Bertz CT molecular complexity index is 893. The van der Waals surface area contributed by atoms with Crippen LogP contribution in [0.25, 0.3) is 0 Å². The van der Waals surface area contributed by atoms with Crippen LogP contribution in [0.2, 0.25) is 0 Å². The van der Waals surface area contributed by atoms with Crippen LogP contribution in [0.1, 0.15) is 21.5 Å². The molecule has 2 aromatic carbocycles. The average Bonchev–Trinajstić information content (AvgIpc) is 2.57. The van der Waals surface area contributed by atoms with Crippen molar-refractivity contribution >= 4 is 21.6 Å². The molecule has 2 rings (SSSR count). The van der Waals surface area contributed by atoms with Crippen molar-refractivity contribution in [2.24, 2.45) is 0 Å². The third-order valence-electron chi connectivity index (χ3n) is 3.94. The molecule has 140 valence electrons. The van der Waals surface area contributed by atoms with Crippen molar-refractivity contribution in [2.75, 3.05) is 31.9 Å². The standard InChI is InChI=1S/C19H25N3O3S/c1-14-8-9-18(15(2)12-14)21-26(24,25)17-7-5-6-16(13-17)19(23)20-10-11-22(3)4/h5-9,12-13,21H,10-11H2,1-4H3,(H,20,23)/p+1. The van der Waals surface area contributed by atoms with Gasteiger partial charge in [-0.1, -0.05) is 23.8 Å². The number of sulfonamides is 1. The summed E-state index contributed by atoms with van der Waals surface area (Å²) in [6.07, 6.45) is 0. The second-order valence-corrected chi connectivity index (χ2v) is 8.35. The number of carbonyl (C=O) groups excluding carboxylic acids is 1. The van der Waals surface area contributed by atoms with Crippen LogP contribution in [-0.4, -0.2) is 41.5 Å². The number of anilines is 1. The van der Waals surface area contributed by atoms with Crippen LogP contribution in [0.15, 0.2) is 47.4 Å². The lowest BCUT2D eigenvalue weighted by atomic mass is 10.1. The predicted molar refractivity (Wildman–Crippen MR) is 103 cm³/mol. The van der Waals surface area contributed by atoms with E-state index < -0.39 is 10.0 Å². The van der Waals surface area contributed by atoms with Gasteiger partial charge in [0.25, 0.3) is 15.9 Å². The van der Waals surface area contributed by atoms with Crippen molar-refractivity contribution in [2.45, 2.75) is 18.7 Å². The zero-order valence-electron chi connectivity index (χ0n) is 15.6. The van der Waals surface area contributed by atoms with Crippen LogP contribution in [0.4, 0.5) is 5.69 Å². The minimum Gasteiger partial charge on any atom is -0.346 e. The first kappa shape index (κ1) is 19.9. The molecule has 0 bridgehead atoms. The van der Waals surface area contributed by atoms with E-state index in [1.165, 1.54) is 17.0 Å². The molecule has 0 aliphatic rings. The lowest BCUT2D eigenvalue weighted by Crippen LogP contribution is -3.06. The fraction of sp³-hybridized carbons (Fsp3) is 0.316. The Morgan fingerprint density at radius 3 is 2.46 bits per heavy atom. The molecule has 3 N–H and O–H groups in total. The van der Waals surface area contributed by atoms with E-state index in [9.17, 15) is 13.2 Å². The van der Waals surface area contributed by atoms with Crippen molar-refractivity contribution in [3.63, 3.8) is 0 Å². The zero-order chi connectivity index (χ0) is 19.3. The molecule has 0 unspecified atom stereocenters. The van der Waals surface area contributed by atoms with Gasteiger partial charge in [-0.05, 0) is 43.7 Å². The van der Waals surface area contributed by atoms with Crippen molar-refractivity contribution < 1.29 is 18.1 Å². The minimum absolute atomic E-state index is 0.0587. The van der Waals surface area contributed by atoms with Crippen molar-refractivity contribution in [1.82, 2.24) is 5.32 Å². The topological polar surface area (TPSA) is 79.7 Å². The van der Waals surface area contributed by atoms with E-state index in [2.05, 4.69) is 10.0 Å². The average molecular weight is 377 g/mol. The third kappa shape index (κ3) is 5.31. The van der Waals surface area contributed by atoms with Gasteiger partial charge in [0, 0.05) is 5.56 Å². The van der Waals surface area contributed by atoms with Gasteiger partial charge >= 0.3 is 0 Å². The molecule has 0 heterocycles. The molecule has 26 heavy (non-hydrogen) atoms. The van der Waals surface area contributed by atoms with Gasteiger partial charge < -0.3 is 10.2 Å². The lowest BCUT2D eigenvalue weighted by Gasteiger charge is -2.12. The highest BCUT2D eigenvalue weighted by atomic mass is 32.2. The Labute approximate surface area is 155 Å². The molecule has 2 aromatic rings. The minimum atomic E-state index is -3.77. The summed E-state index contributed by atoms with van der Waals surface area (Å²) in [5, 5.41) is 2.80. The molecule has 0 fully saturated rings. The zero-order valence-corrected chi connectivity index (χ0v) is 16.4. The Kier molecular flexibility index (Phi) is 6.39. The van der Waals surface area contributed by atoms with E-state index in [4.69, 9.17) is 0 Å². The highest BCUT2D eigenvalue weighted by Gasteiger charge is 2.17. The van der Waals surface area contributed by atoms with Crippen LogP contribution in [0, 0.1) is 13.8 Å². The number of hydrogen-bond acceptors (Lipinski definition) is 3. The van der Waals surface area contributed by atoms with Gasteiger partial charge in [0.15, 0.2) is 0 Å². The van der Waals surface area contributed by atoms with Gasteiger partial charge in [0.05, 0.1) is 37.8 Å². The van der Waals surface area contributed by atoms with E-state index in [1.54, 1.807) is 18.2 Å². The quantitative estimate of drug-likeness (QED) is 0.674. The summed E-state index contributed by atoms with van der Waals surface area (Å²) in [6.45, 7) is 5.11. The van der Waals surface area contributed by atoms with Gasteiger partial charge in [0.2, 0.25) is 0 Å².